The number of hydrogen-bond acceptors (Lipinski definition) is 4. The summed E-state index contributed by atoms with van der Waals surface area (Å²) in [6.07, 6.45) is 0.697. The monoisotopic (exact) mass is 521 g/mol. The molecule has 2 aromatic rings. The largest absolute Gasteiger partial charge is 0.444 e. The van der Waals surface area contributed by atoms with E-state index in [1.54, 1.807) is 24.3 Å². The van der Waals surface area contributed by atoms with Gasteiger partial charge in [-0.25, -0.2) is 4.79 Å². The van der Waals surface area contributed by atoms with Gasteiger partial charge < -0.3 is 20.3 Å². The Bertz CT molecular complexity index is 1100. The number of thiocarbonyl (C=S) groups is 1. The predicted octanol–water partition coefficient (Wildman–Crippen LogP) is 5.79. The Kier molecular flexibility index (Phi) is 8.11. The molecule has 34 heavy (non-hydrogen) atoms. The highest BCUT2D eigenvalue weighted by Gasteiger charge is 2.42. The van der Waals surface area contributed by atoms with Crippen molar-refractivity contribution in [1.29, 1.82) is 0 Å². The molecule has 2 N–H and O–H groups in total. The van der Waals surface area contributed by atoms with Crippen molar-refractivity contribution in [2.24, 2.45) is 0 Å². The van der Waals surface area contributed by atoms with Crippen LogP contribution in [0.3, 0.4) is 0 Å². The Balaban J connectivity index is 1.73. The fraction of sp³-hybridized carbons (Fsp3) is 0.400. The molecule has 9 heteroatoms. The van der Waals surface area contributed by atoms with Gasteiger partial charge in [-0.3, -0.25) is 4.79 Å². The van der Waals surface area contributed by atoms with E-state index in [2.05, 4.69) is 10.6 Å². The maximum atomic E-state index is 12.9. The summed E-state index contributed by atoms with van der Waals surface area (Å²) in [7, 11) is 0. The predicted molar refractivity (Wildman–Crippen MR) is 141 cm³/mol. The fourth-order valence-corrected chi connectivity index (χ4v) is 4.62. The van der Waals surface area contributed by atoms with E-state index >= 15 is 0 Å². The second-order valence-corrected chi connectivity index (χ2v) is 10.7. The van der Waals surface area contributed by atoms with Crippen molar-refractivity contribution in [2.75, 3.05) is 18.0 Å². The number of anilines is 1. The van der Waals surface area contributed by atoms with Gasteiger partial charge in [0, 0.05) is 23.7 Å². The summed E-state index contributed by atoms with van der Waals surface area (Å²) < 4.78 is 5.30. The second-order valence-electron chi connectivity index (χ2n) is 9.43. The molecule has 1 heterocycles. The molecule has 0 aromatic heterocycles. The molecule has 1 aliphatic rings. The number of carbonyl (C=O) groups excluding carboxylic acids is 2. The van der Waals surface area contributed by atoms with E-state index in [0.717, 1.165) is 11.3 Å². The van der Waals surface area contributed by atoms with Crippen LogP contribution in [0, 0.1) is 0 Å². The minimum Gasteiger partial charge on any atom is -0.444 e. The lowest BCUT2D eigenvalue weighted by atomic mass is 10.0. The molecule has 0 bridgehead atoms. The molecular weight excluding hydrogens is 493 g/mol. The van der Waals surface area contributed by atoms with Crippen molar-refractivity contribution < 1.29 is 14.3 Å². The van der Waals surface area contributed by atoms with Crippen LogP contribution in [0.4, 0.5) is 10.5 Å². The SMILES string of the molecule is CC(C)(C)OC(=O)NCCc1cccc(Cl)c1N1CCC(C)(NC(=O)c2cccc(Cl)c2)C1=S. The Morgan fingerprint density at radius 2 is 1.88 bits per heavy atom. The van der Waals surface area contributed by atoms with Gasteiger partial charge >= 0.3 is 6.09 Å². The van der Waals surface area contributed by atoms with Crippen molar-refractivity contribution in [1.82, 2.24) is 10.6 Å². The lowest BCUT2D eigenvalue weighted by Gasteiger charge is -2.29. The van der Waals surface area contributed by atoms with E-state index in [4.69, 9.17) is 40.2 Å². The summed E-state index contributed by atoms with van der Waals surface area (Å²) in [4.78, 5) is 27.4. The molecule has 182 valence electrons. The number of hydrogen-bond donors (Lipinski definition) is 2. The third-order valence-electron chi connectivity index (χ3n) is 5.43. The minimum absolute atomic E-state index is 0.241. The van der Waals surface area contributed by atoms with Crippen LogP contribution >= 0.6 is 35.4 Å². The first-order chi connectivity index (χ1) is 15.9. The van der Waals surface area contributed by atoms with Gasteiger partial charge in [0.15, 0.2) is 0 Å². The molecule has 0 spiro atoms. The number of nitrogens with one attached hydrogen (secondary N) is 2. The highest BCUT2D eigenvalue weighted by Crippen LogP contribution is 2.37. The van der Waals surface area contributed by atoms with Gasteiger partial charge in [0.2, 0.25) is 0 Å². The molecule has 0 saturated carbocycles. The van der Waals surface area contributed by atoms with Crippen molar-refractivity contribution in [3.05, 3.63) is 63.6 Å². The summed E-state index contributed by atoms with van der Waals surface area (Å²) in [5.74, 6) is -0.241. The van der Waals surface area contributed by atoms with Gasteiger partial charge in [-0.15, -0.1) is 0 Å². The van der Waals surface area contributed by atoms with E-state index in [9.17, 15) is 9.59 Å². The van der Waals surface area contributed by atoms with Gasteiger partial charge in [0.05, 0.1) is 16.2 Å². The number of amides is 2. The lowest BCUT2D eigenvalue weighted by molar-refractivity contribution is 0.0528. The van der Waals surface area contributed by atoms with Gasteiger partial charge in [-0.1, -0.05) is 53.6 Å². The number of carbonyl (C=O) groups is 2. The van der Waals surface area contributed by atoms with E-state index in [1.807, 2.05) is 50.8 Å². The van der Waals surface area contributed by atoms with E-state index in [1.165, 1.54) is 0 Å². The number of alkyl carbamates (subject to hydrolysis) is 1. The molecular formula is C25H29Cl2N3O3S. The molecule has 0 aliphatic carbocycles. The van der Waals surface area contributed by atoms with E-state index < -0.39 is 17.2 Å². The van der Waals surface area contributed by atoms with Crippen LogP contribution in [-0.2, 0) is 11.2 Å². The second kappa shape index (κ2) is 10.5. The molecule has 1 fully saturated rings. The smallest absolute Gasteiger partial charge is 0.407 e. The Morgan fingerprint density at radius 1 is 1.18 bits per heavy atom. The highest BCUT2D eigenvalue weighted by atomic mass is 35.5. The van der Waals surface area contributed by atoms with Crippen molar-refractivity contribution in [3.8, 4) is 0 Å². The number of halogens is 2. The van der Waals surface area contributed by atoms with E-state index in [-0.39, 0.29) is 5.91 Å². The molecule has 1 aliphatic heterocycles. The third-order valence-corrected chi connectivity index (χ3v) is 6.64. The first-order valence-electron chi connectivity index (χ1n) is 11.0. The van der Waals surface area contributed by atoms with Gasteiger partial charge in [0.1, 0.15) is 10.6 Å². The molecule has 2 aromatic carbocycles. The van der Waals surface area contributed by atoms with Gasteiger partial charge in [-0.2, -0.15) is 0 Å². The van der Waals surface area contributed by atoms with Crippen LogP contribution in [0.5, 0.6) is 0 Å². The van der Waals surface area contributed by atoms with Crippen LogP contribution < -0.4 is 15.5 Å². The molecule has 1 saturated heterocycles. The lowest BCUT2D eigenvalue weighted by Crippen LogP contribution is -2.51. The molecule has 3 rings (SSSR count). The van der Waals surface area contributed by atoms with Crippen LogP contribution in [0.15, 0.2) is 42.5 Å². The summed E-state index contributed by atoms with van der Waals surface area (Å²) in [6.45, 7) is 8.35. The average Bonchev–Trinajstić information content (AvgIpc) is 3.01. The summed E-state index contributed by atoms with van der Waals surface area (Å²) >= 11 is 18.5. The first kappa shape index (κ1) is 26.3. The highest BCUT2D eigenvalue weighted by molar-refractivity contribution is 7.80. The maximum Gasteiger partial charge on any atom is 0.407 e. The van der Waals surface area contributed by atoms with Crippen LogP contribution in [0.1, 0.15) is 50.0 Å². The topological polar surface area (TPSA) is 70.7 Å². The molecule has 1 unspecified atom stereocenters. The van der Waals surface area contributed by atoms with Gasteiger partial charge in [-0.05, 0) is 70.4 Å². The zero-order valence-electron chi connectivity index (χ0n) is 19.7. The van der Waals surface area contributed by atoms with E-state index in [0.29, 0.717) is 46.5 Å². The van der Waals surface area contributed by atoms with Crippen LogP contribution in [-0.4, -0.2) is 41.2 Å². The zero-order valence-corrected chi connectivity index (χ0v) is 22.0. The maximum absolute atomic E-state index is 12.9. The third kappa shape index (κ3) is 6.40. The summed E-state index contributed by atoms with van der Waals surface area (Å²) in [6, 6.07) is 12.4. The standard InChI is InChI=1S/C25H29Cl2N3O3S/c1-24(2,3)33-23(32)28-13-11-16-7-6-10-19(27)20(16)30-14-12-25(4,22(30)34)29-21(31)17-8-5-9-18(26)15-17/h5-10,15H,11-14H2,1-4H3,(H,28,32)(H,29,31). The normalized spacial score (nSPS) is 18.1. The number of benzene rings is 2. The molecule has 0 radical (unpaired) electrons. The Morgan fingerprint density at radius 3 is 2.56 bits per heavy atom. The number of para-hydroxylation sites is 1. The average molecular weight is 522 g/mol. The number of ether oxygens (including phenoxy) is 1. The summed E-state index contributed by atoms with van der Waals surface area (Å²) in [5, 5.41) is 6.90. The van der Waals surface area contributed by atoms with Crippen LogP contribution in [0.25, 0.3) is 0 Å². The molecule has 1 atom stereocenters. The summed E-state index contributed by atoms with van der Waals surface area (Å²) in [5.41, 5.74) is 0.922. The number of rotatable bonds is 6. The van der Waals surface area contributed by atoms with Gasteiger partial charge in [0.25, 0.3) is 5.91 Å². The van der Waals surface area contributed by atoms with Crippen LogP contribution in [0.2, 0.25) is 10.0 Å². The van der Waals surface area contributed by atoms with Crippen molar-refractivity contribution >= 4 is 58.1 Å². The quantitative estimate of drug-likeness (QED) is 0.471. The number of nitrogens with zero attached hydrogens (tertiary/aromatic N) is 1. The Hall–Kier alpha value is -2.35. The first-order valence-corrected chi connectivity index (χ1v) is 12.2. The molecule has 2 amide bonds. The Labute approximate surface area is 215 Å². The fourth-order valence-electron chi connectivity index (χ4n) is 3.80. The van der Waals surface area contributed by atoms with Crippen molar-refractivity contribution in [2.45, 2.75) is 51.7 Å². The zero-order chi connectivity index (χ0) is 25.1. The van der Waals surface area contributed by atoms with Crippen molar-refractivity contribution in [3.63, 3.8) is 0 Å². The minimum atomic E-state index is -0.722. The molecule has 6 nitrogen and oxygen atoms in total.